The lowest BCUT2D eigenvalue weighted by Gasteiger charge is -2.08. The molecular formula is C14H19N3O. The van der Waals surface area contributed by atoms with Crippen LogP contribution in [0.3, 0.4) is 0 Å². The molecule has 18 heavy (non-hydrogen) atoms. The van der Waals surface area contributed by atoms with Crippen molar-refractivity contribution < 1.29 is 4.84 Å². The Hall–Kier alpha value is -1.65. The maximum Gasteiger partial charge on any atom is 0.0705 e. The van der Waals surface area contributed by atoms with Gasteiger partial charge in [0.15, 0.2) is 0 Å². The molecule has 96 valence electrons. The standard InChI is InChI=1S/C14H19N3O/c1-12(2)11-18-16-10-13-4-6-14(7-5-13)17-9-3-8-15-17/h3-9,12,16H,10-11H2,1-2H3. The number of nitrogens with zero attached hydrogens (tertiary/aromatic N) is 2. The number of benzene rings is 1. The average molecular weight is 245 g/mol. The van der Waals surface area contributed by atoms with E-state index >= 15 is 0 Å². The molecule has 0 radical (unpaired) electrons. The number of hydrogen-bond donors (Lipinski definition) is 1. The Morgan fingerprint density at radius 1 is 1.28 bits per heavy atom. The number of nitrogens with one attached hydrogen (secondary N) is 1. The summed E-state index contributed by atoms with van der Waals surface area (Å²) < 4.78 is 1.84. The molecule has 0 saturated heterocycles. The van der Waals surface area contributed by atoms with Crippen LogP contribution >= 0.6 is 0 Å². The molecule has 0 saturated carbocycles. The second kappa shape index (κ2) is 6.33. The lowest BCUT2D eigenvalue weighted by Crippen LogP contribution is -2.17. The highest BCUT2D eigenvalue weighted by Crippen LogP contribution is 2.08. The second-order valence-corrected chi connectivity index (χ2v) is 4.64. The van der Waals surface area contributed by atoms with Crippen molar-refractivity contribution in [3.05, 3.63) is 48.3 Å². The number of hydrogen-bond acceptors (Lipinski definition) is 3. The minimum absolute atomic E-state index is 0.541. The Labute approximate surface area is 108 Å². The predicted molar refractivity (Wildman–Crippen MR) is 71.2 cm³/mol. The van der Waals surface area contributed by atoms with Crippen LogP contribution in [0.2, 0.25) is 0 Å². The maximum atomic E-state index is 5.33. The van der Waals surface area contributed by atoms with Crippen molar-refractivity contribution in [2.45, 2.75) is 20.4 Å². The van der Waals surface area contributed by atoms with Gasteiger partial charge in [0.05, 0.1) is 12.3 Å². The summed E-state index contributed by atoms with van der Waals surface area (Å²) in [5, 5.41) is 4.19. The van der Waals surface area contributed by atoms with Gasteiger partial charge in [-0.1, -0.05) is 26.0 Å². The molecule has 0 unspecified atom stereocenters. The van der Waals surface area contributed by atoms with Crippen LogP contribution < -0.4 is 5.48 Å². The van der Waals surface area contributed by atoms with Gasteiger partial charge in [0.25, 0.3) is 0 Å². The van der Waals surface area contributed by atoms with Crippen molar-refractivity contribution in [3.63, 3.8) is 0 Å². The van der Waals surface area contributed by atoms with Crippen molar-refractivity contribution in [3.8, 4) is 5.69 Å². The Bertz CT molecular complexity index is 448. The molecule has 4 heteroatoms. The molecule has 1 aromatic carbocycles. The van der Waals surface area contributed by atoms with Crippen molar-refractivity contribution in [1.82, 2.24) is 15.3 Å². The average Bonchev–Trinajstić information content (AvgIpc) is 2.89. The van der Waals surface area contributed by atoms with Crippen LogP contribution in [0.25, 0.3) is 5.69 Å². The van der Waals surface area contributed by atoms with Crippen molar-refractivity contribution in [2.75, 3.05) is 6.61 Å². The summed E-state index contributed by atoms with van der Waals surface area (Å²) in [4.78, 5) is 5.33. The van der Waals surface area contributed by atoms with Crippen LogP contribution in [0.1, 0.15) is 19.4 Å². The number of rotatable bonds is 6. The minimum atomic E-state index is 0.541. The third-order valence-electron chi connectivity index (χ3n) is 2.50. The summed E-state index contributed by atoms with van der Waals surface area (Å²) >= 11 is 0. The van der Waals surface area contributed by atoms with Gasteiger partial charge in [-0.05, 0) is 29.7 Å². The smallest absolute Gasteiger partial charge is 0.0705 e. The summed E-state index contributed by atoms with van der Waals surface area (Å²) in [6, 6.07) is 10.2. The molecule has 2 rings (SSSR count). The quantitative estimate of drug-likeness (QED) is 0.628. The summed E-state index contributed by atoms with van der Waals surface area (Å²) in [5.74, 6) is 0.541. The fourth-order valence-electron chi connectivity index (χ4n) is 1.55. The minimum Gasteiger partial charge on any atom is -0.301 e. The van der Waals surface area contributed by atoms with Crippen LogP contribution in [0.15, 0.2) is 42.7 Å². The van der Waals surface area contributed by atoms with Crippen LogP contribution in [0.5, 0.6) is 0 Å². The van der Waals surface area contributed by atoms with Gasteiger partial charge in [-0.3, -0.25) is 0 Å². The topological polar surface area (TPSA) is 39.1 Å². The fourth-order valence-corrected chi connectivity index (χ4v) is 1.55. The zero-order valence-corrected chi connectivity index (χ0v) is 10.8. The van der Waals surface area contributed by atoms with Crippen molar-refractivity contribution >= 4 is 0 Å². The SMILES string of the molecule is CC(C)CONCc1ccc(-n2cccn2)cc1. The monoisotopic (exact) mass is 245 g/mol. The lowest BCUT2D eigenvalue weighted by molar-refractivity contribution is 0.0196. The second-order valence-electron chi connectivity index (χ2n) is 4.64. The lowest BCUT2D eigenvalue weighted by atomic mass is 10.2. The van der Waals surface area contributed by atoms with Crippen LogP contribution in [0.4, 0.5) is 0 Å². The van der Waals surface area contributed by atoms with E-state index in [1.54, 1.807) is 6.20 Å². The van der Waals surface area contributed by atoms with E-state index in [2.05, 4.69) is 36.6 Å². The molecule has 0 spiro atoms. The first-order chi connectivity index (χ1) is 8.75. The van der Waals surface area contributed by atoms with E-state index in [-0.39, 0.29) is 0 Å². The van der Waals surface area contributed by atoms with Gasteiger partial charge in [0.2, 0.25) is 0 Å². The molecule has 1 heterocycles. The Kier molecular flexibility index (Phi) is 4.50. The van der Waals surface area contributed by atoms with Gasteiger partial charge >= 0.3 is 0 Å². The molecule has 0 aliphatic carbocycles. The summed E-state index contributed by atoms with van der Waals surface area (Å²) in [7, 11) is 0. The van der Waals surface area contributed by atoms with E-state index in [9.17, 15) is 0 Å². The van der Waals surface area contributed by atoms with Crippen molar-refractivity contribution in [2.24, 2.45) is 5.92 Å². The highest BCUT2D eigenvalue weighted by Gasteiger charge is 1.98. The third kappa shape index (κ3) is 3.68. The van der Waals surface area contributed by atoms with E-state index in [4.69, 9.17) is 4.84 Å². The van der Waals surface area contributed by atoms with E-state index in [0.29, 0.717) is 12.5 Å². The highest BCUT2D eigenvalue weighted by molar-refractivity contribution is 5.33. The van der Waals surface area contributed by atoms with Gasteiger partial charge in [-0.25, -0.2) is 4.68 Å². The normalized spacial score (nSPS) is 11.1. The van der Waals surface area contributed by atoms with Crippen LogP contribution in [-0.4, -0.2) is 16.4 Å². The molecule has 1 aromatic heterocycles. The highest BCUT2D eigenvalue weighted by atomic mass is 16.6. The first kappa shape index (κ1) is 12.8. The van der Waals surface area contributed by atoms with E-state index in [1.807, 2.05) is 29.1 Å². The number of hydroxylamine groups is 1. The van der Waals surface area contributed by atoms with Crippen LogP contribution in [0, 0.1) is 5.92 Å². The Morgan fingerprint density at radius 2 is 2.06 bits per heavy atom. The zero-order valence-electron chi connectivity index (χ0n) is 10.8. The summed E-state index contributed by atoms with van der Waals surface area (Å²) in [6.07, 6.45) is 3.70. The fraction of sp³-hybridized carbons (Fsp3) is 0.357. The van der Waals surface area contributed by atoms with Gasteiger partial charge in [-0.15, -0.1) is 0 Å². The molecule has 1 N–H and O–H groups in total. The van der Waals surface area contributed by atoms with Gasteiger partial charge in [0, 0.05) is 18.9 Å². The van der Waals surface area contributed by atoms with E-state index in [1.165, 1.54) is 5.56 Å². The summed E-state index contributed by atoms with van der Waals surface area (Å²) in [6.45, 7) is 5.69. The van der Waals surface area contributed by atoms with Gasteiger partial charge < -0.3 is 4.84 Å². The molecule has 4 nitrogen and oxygen atoms in total. The molecule has 0 aliphatic rings. The Morgan fingerprint density at radius 3 is 2.67 bits per heavy atom. The molecule has 0 bridgehead atoms. The first-order valence-corrected chi connectivity index (χ1v) is 6.19. The van der Waals surface area contributed by atoms with E-state index in [0.717, 1.165) is 12.3 Å². The molecule has 0 aliphatic heterocycles. The zero-order chi connectivity index (χ0) is 12.8. The first-order valence-electron chi connectivity index (χ1n) is 6.19. The summed E-state index contributed by atoms with van der Waals surface area (Å²) in [5.41, 5.74) is 5.22. The van der Waals surface area contributed by atoms with E-state index < -0.39 is 0 Å². The largest absolute Gasteiger partial charge is 0.301 e. The molecule has 2 aromatic rings. The van der Waals surface area contributed by atoms with Crippen LogP contribution in [-0.2, 0) is 11.4 Å². The number of aromatic nitrogens is 2. The van der Waals surface area contributed by atoms with Gasteiger partial charge in [0.1, 0.15) is 0 Å². The predicted octanol–water partition coefficient (Wildman–Crippen LogP) is 2.55. The molecule has 0 fully saturated rings. The van der Waals surface area contributed by atoms with Gasteiger partial charge in [-0.2, -0.15) is 10.6 Å². The Balaban J connectivity index is 1.84. The molecule has 0 amide bonds. The van der Waals surface area contributed by atoms with Crippen molar-refractivity contribution in [1.29, 1.82) is 0 Å². The maximum absolute atomic E-state index is 5.33. The molecule has 0 atom stereocenters. The molecular weight excluding hydrogens is 226 g/mol. The third-order valence-corrected chi connectivity index (χ3v) is 2.50.